The van der Waals surface area contributed by atoms with Crippen molar-refractivity contribution in [2.45, 2.75) is 44.4 Å². The van der Waals surface area contributed by atoms with Gasteiger partial charge in [-0.3, -0.25) is 9.59 Å². The van der Waals surface area contributed by atoms with Gasteiger partial charge in [-0.2, -0.15) is 0 Å². The van der Waals surface area contributed by atoms with E-state index in [1.807, 2.05) is 71.8 Å². The number of hydrogen-bond acceptors (Lipinski definition) is 5. The zero-order chi connectivity index (χ0) is 22.7. The van der Waals surface area contributed by atoms with Crippen molar-refractivity contribution < 1.29 is 9.59 Å². The molecule has 0 spiro atoms. The lowest BCUT2D eigenvalue weighted by Crippen LogP contribution is -2.32. The molecule has 0 saturated carbocycles. The Bertz CT molecular complexity index is 1110. The number of carbonyl (C=O) groups excluding carboxylic acids is 2. The average molecular weight is 513 g/mol. The Morgan fingerprint density at radius 2 is 1.75 bits per heavy atom. The van der Waals surface area contributed by atoms with Crippen molar-refractivity contribution in [2.24, 2.45) is 0 Å². The van der Waals surface area contributed by atoms with Crippen LogP contribution in [0.25, 0.3) is 0 Å². The first-order chi connectivity index (χ1) is 15.5. The minimum absolute atomic E-state index is 0.0257. The highest BCUT2D eigenvalue weighted by molar-refractivity contribution is 9.10. The Morgan fingerprint density at radius 3 is 2.44 bits per heavy atom. The Hall–Kier alpha value is -2.45. The zero-order valence-electron chi connectivity index (χ0n) is 18.1. The average Bonchev–Trinajstić information content (AvgIpc) is 3.44. The van der Waals surface area contributed by atoms with Gasteiger partial charge in [0.25, 0.3) is 5.91 Å². The number of thioether (sulfide) groups is 1. The molecule has 0 radical (unpaired) electrons. The van der Waals surface area contributed by atoms with Gasteiger partial charge in [0.1, 0.15) is 0 Å². The molecule has 166 valence electrons. The van der Waals surface area contributed by atoms with Crippen LogP contribution in [0.1, 0.15) is 57.9 Å². The summed E-state index contributed by atoms with van der Waals surface area (Å²) in [4.78, 5) is 27.6. The van der Waals surface area contributed by atoms with Crippen LogP contribution in [-0.4, -0.2) is 43.7 Å². The molecule has 1 amide bonds. The number of rotatable bonds is 7. The number of amides is 1. The van der Waals surface area contributed by atoms with Gasteiger partial charge in [0.2, 0.25) is 0 Å². The third-order valence-corrected chi connectivity index (χ3v) is 7.17. The molecule has 2 heterocycles. The summed E-state index contributed by atoms with van der Waals surface area (Å²) in [5, 5.41) is 9.53. The molecule has 1 saturated heterocycles. The summed E-state index contributed by atoms with van der Waals surface area (Å²) in [7, 11) is 0. The number of hydrogen-bond donors (Lipinski definition) is 0. The van der Waals surface area contributed by atoms with E-state index in [2.05, 4.69) is 26.1 Å². The van der Waals surface area contributed by atoms with Crippen molar-refractivity contribution in [1.29, 1.82) is 0 Å². The third kappa shape index (κ3) is 4.81. The van der Waals surface area contributed by atoms with Gasteiger partial charge in [0, 0.05) is 28.7 Å². The predicted molar refractivity (Wildman–Crippen MR) is 129 cm³/mol. The highest BCUT2D eigenvalue weighted by Gasteiger charge is 2.34. The Morgan fingerprint density at radius 1 is 1.06 bits per heavy atom. The van der Waals surface area contributed by atoms with Crippen molar-refractivity contribution in [3.05, 3.63) is 75.5 Å². The molecule has 1 fully saturated rings. The smallest absolute Gasteiger partial charge is 0.254 e. The maximum atomic E-state index is 13.2. The third-order valence-electron chi connectivity index (χ3n) is 5.67. The van der Waals surface area contributed by atoms with Gasteiger partial charge in [-0.1, -0.05) is 57.5 Å². The Balaban J connectivity index is 1.50. The maximum Gasteiger partial charge on any atom is 0.254 e. The van der Waals surface area contributed by atoms with Crippen molar-refractivity contribution in [3.8, 4) is 0 Å². The summed E-state index contributed by atoms with van der Waals surface area (Å²) < 4.78 is 2.98. The molecular formula is C24H25BrN4O2S. The van der Waals surface area contributed by atoms with E-state index in [-0.39, 0.29) is 23.5 Å². The number of carbonyl (C=O) groups is 2. The standard InChI is InChI=1S/C24H25BrN4O2S/c1-3-28-22(20-5-4-14-29(20)23(31)18-8-6-16(2)7-9-18)26-27-24(28)32-15-21(30)17-10-12-19(25)13-11-17/h6-13,20H,3-5,14-15H2,1-2H3. The minimum atomic E-state index is -0.104. The molecule has 3 aromatic rings. The molecule has 1 aromatic heterocycles. The summed E-state index contributed by atoms with van der Waals surface area (Å²) in [5.74, 6) is 1.16. The fraction of sp³-hybridized carbons (Fsp3) is 0.333. The summed E-state index contributed by atoms with van der Waals surface area (Å²) in [6.07, 6.45) is 1.79. The van der Waals surface area contributed by atoms with Gasteiger partial charge in [-0.25, -0.2) is 0 Å². The fourth-order valence-electron chi connectivity index (χ4n) is 3.94. The maximum absolute atomic E-state index is 13.2. The van der Waals surface area contributed by atoms with Gasteiger partial charge in [0.15, 0.2) is 16.8 Å². The number of aryl methyl sites for hydroxylation is 1. The monoisotopic (exact) mass is 512 g/mol. The van der Waals surface area contributed by atoms with Crippen molar-refractivity contribution >= 4 is 39.4 Å². The number of ketones is 1. The van der Waals surface area contributed by atoms with Crippen LogP contribution < -0.4 is 0 Å². The molecule has 1 aliphatic heterocycles. The summed E-state index contributed by atoms with van der Waals surface area (Å²) in [6, 6.07) is 14.9. The summed E-state index contributed by atoms with van der Waals surface area (Å²) >= 11 is 4.78. The van der Waals surface area contributed by atoms with Crippen LogP contribution in [0.2, 0.25) is 0 Å². The van der Waals surface area contributed by atoms with Gasteiger partial charge in [0.05, 0.1) is 11.8 Å². The van der Waals surface area contributed by atoms with Gasteiger partial charge < -0.3 is 9.47 Å². The fourth-order valence-corrected chi connectivity index (χ4v) is 5.11. The lowest BCUT2D eigenvalue weighted by molar-refractivity contribution is 0.0726. The van der Waals surface area contributed by atoms with E-state index in [4.69, 9.17) is 0 Å². The Labute approximate surface area is 200 Å². The predicted octanol–water partition coefficient (Wildman–Crippen LogP) is 5.32. The van der Waals surface area contributed by atoms with E-state index < -0.39 is 0 Å². The van der Waals surface area contributed by atoms with Gasteiger partial charge in [-0.15, -0.1) is 10.2 Å². The van der Waals surface area contributed by atoms with Crippen molar-refractivity contribution in [1.82, 2.24) is 19.7 Å². The largest absolute Gasteiger partial charge is 0.328 e. The number of benzene rings is 2. The SMILES string of the molecule is CCn1c(SCC(=O)c2ccc(Br)cc2)nnc1C1CCCN1C(=O)c1ccc(C)cc1. The molecule has 0 bridgehead atoms. The summed E-state index contributed by atoms with van der Waals surface area (Å²) in [5.41, 5.74) is 2.50. The lowest BCUT2D eigenvalue weighted by Gasteiger charge is -2.24. The van der Waals surface area contributed by atoms with E-state index >= 15 is 0 Å². The van der Waals surface area contributed by atoms with Crippen LogP contribution in [-0.2, 0) is 6.54 Å². The molecule has 1 atom stereocenters. The van der Waals surface area contributed by atoms with E-state index in [1.165, 1.54) is 11.8 Å². The Kier molecular flexibility index (Phi) is 7.10. The number of aromatic nitrogens is 3. The molecule has 32 heavy (non-hydrogen) atoms. The molecule has 0 aliphatic carbocycles. The van der Waals surface area contributed by atoms with Crippen molar-refractivity contribution in [3.63, 3.8) is 0 Å². The quantitative estimate of drug-likeness (QED) is 0.316. The van der Waals surface area contributed by atoms with Crippen LogP contribution in [0.4, 0.5) is 0 Å². The second-order valence-corrected chi connectivity index (χ2v) is 9.68. The van der Waals surface area contributed by atoms with Crippen LogP contribution in [0.15, 0.2) is 58.2 Å². The van der Waals surface area contributed by atoms with E-state index in [1.54, 1.807) is 0 Å². The molecule has 8 heteroatoms. The van der Waals surface area contributed by atoms with Crippen LogP contribution in [0, 0.1) is 6.92 Å². The molecule has 1 unspecified atom stereocenters. The second-order valence-electron chi connectivity index (χ2n) is 7.83. The molecular weight excluding hydrogens is 488 g/mol. The first-order valence-corrected chi connectivity index (χ1v) is 12.5. The topological polar surface area (TPSA) is 68.1 Å². The normalized spacial score (nSPS) is 15.8. The first kappa shape index (κ1) is 22.7. The zero-order valence-corrected chi connectivity index (χ0v) is 20.5. The second kappa shape index (κ2) is 10.0. The van der Waals surface area contributed by atoms with Crippen LogP contribution in [0.3, 0.4) is 0 Å². The summed E-state index contributed by atoms with van der Waals surface area (Å²) in [6.45, 7) is 5.44. The van der Waals surface area contributed by atoms with Crippen LogP contribution in [0.5, 0.6) is 0 Å². The van der Waals surface area contributed by atoms with Gasteiger partial charge >= 0.3 is 0 Å². The molecule has 6 nitrogen and oxygen atoms in total. The highest BCUT2D eigenvalue weighted by Crippen LogP contribution is 2.34. The molecule has 0 N–H and O–H groups in total. The van der Waals surface area contributed by atoms with E-state index in [0.29, 0.717) is 29.4 Å². The van der Waals surface area contributed by atoms with Gasteiger partial charge in [-0.05, 0) is 51.0 Å². The molecule has 2 aromatic carbocycles. The van der Waals surface area contributed by atoms with Crippen LogP contribution >= 0.6 is 27.7 Å². The minimum Gasteiger partial charge on any atom is -0.328 e. The van der Waals surface area contributed by atoms with E-state index in [9.17, 15) is 9.59 Å². The highest BCUT2D eigenvalue weighted by atomic mass is 79.9. The number of likely N-dealkylation sites (tertiary alicyclic amines) is 1. The van der Waals surface area contributed by atoms with Crippen molar-refractivity contribution in [2.75, 3.05) is 12.3 Å². The number of Topliss-reactive ketones (excluding diaryl/α,β-unsaturated/α-hetero) is 1. The molecule has 1 aliphatic rings. The number of halogens is 1. The van der Waals surface area contributed by atoms with E-state index in [0.717, 1.165) is 28.7 Å². The lowest BCUT2D eigenvalue weighted by atomic mass is 10.1. The molecule has 4 rings (SSSR count). The number of nitrogens with zero attached hydrogens (tertiary/aromatic N) is 4. The first-order valence-electron chi connectivity index (χ1n) is 10.7.